The molecule has 1 amide bonds. The van der Waals surface area contributed by atoms with Crippen molar-refractivity contribution in [3.63, 3.8) is 0 Å². The van der Waals surface area contributed by atoms with Crippen molar-refractivity contribution < 1.29 is 4.79 Å². The van der Waals surface area contributed by atoms with Crippen LogP contribution in [0.5, 0.6) is 0 Å². The summed E-state index contributed by atoms with van der Waals surface area (Å²) in [6, 6.07) is 0.128. The van der Waals surface area contributed by atoms with Gasteiger partial charge in [0.2, 0.25) is 5.91 Å². The fraction of sp³-hybridized carbons (Fsp3) is 0.600. The Morgan fingerprint density at radius 2 is 2.18 bits per heavy atom. The molecule has 1 atom stereocenters. The van der Waals surface area contributed by atoms with Crippen LogP contribution in [-0.4, -0.2) is 35.1 Å². The van der Waals surface area contributed by atoms with Crippen LogP contribution < -0.4 is 10.6 Å². The molecule has 0 aromatic carbocycles. The molecule has 0 bridgehead atoms. The Morgan fingerprint density at radius 3 is 2.71 bits per heavy atom. The maximum atomic E-state index is 11.4. The number of rotatable bonds is 6. The van der Waals surface area contributed by atoms with Gasteiger partial charge in [0.25, 0.3) is 0 Å². The molecule has 1 heterocycles. The van der Waals surface area contributed by atoms with E-state index in [2.05, 4.69) is 15.6 Å². The minimum Gasteiger partial charge on any atom is -0.352 e. The third-order valence-electron chi connectivity index (χ3n) is 2.05. The van der Waals surface area contributed by atoms with Gasteiger partial charge in [-0.3, -0.25) is 4.79 Å². The second kappa shape index (κ2) is 10.4. The summed E-state index contributed by atoms with van der Waals surface area (Å²) < 4.78 is 1.95. The monoisotopic (exact) mass is 282 g/mol. The number of aromatic nitrogens is 2. The number of halogens is 2. The lowest BCUT2D eigenvalue weighted by Gasteiger charge is -2.14. The number of nitrogens with zero attached hydrogens (tertiary/aromatic N) is 2. The van der Waals surface area contributed by atoms with Crippen LogP contribution in [0.25, 0.3) is 0 Å². The molecular weight excluding hydrogens is 263 g/mol. The zero-order chi connectivity index (χ0) is 11.1. The van der Waals surface area contributed by atoms with Crippen molar-refractivity contribution in [1.82, 2.24) is 20.2 Å². The Bertz CT molecular complexity index is 293. The highest BCUT2D eigenvalue weighted by Gasteiger charge is 2.06. The van der Waals surface area contributed by atoms with Crippen molar-refractivity contribution in [3.8, 4) is 0 Å². The van der Waals surface area contributed by atoms with Crippen LogP contribution in [0.2, 0.25) is 0 Å². The first-order valence-electron chi connectivity index (χ1n) is 5.12. The molecule has 1 unspecified atom stereocenters. The van der Waals surface area contributed by atoms with Crippen LogP contribution in [-0.2, 0) is 11.3 Å². The van der Waals surface area contributed by atoms with Gasteiger partial charge in [0, 0.05) is 37.9 Å². The van der Waals surface area contributed by atoms with Crippen molar-refractivity contribution in [3.05, 3.63) is 18.7 Å². The van der Waals surface area contributed by atoms with Gasteiger partial charge in [-0.1, -0.05) is 0 Å². The van der Waals surface area contributed by atoms with E-state index in [1.165, 1.54) is 0 Å². The summed E-state index contributed by atoms with van der Waals surface area (Å²) in [5, 5.41) is 5.87. The van der Waals surface area contributed by atoms with E-state index in [4.69, 9.17) is 0 Å². The Balaban J connectivity index is 0. The van der Waals surface area contributed by atoms with E-state index in [0.717, 1.165) is 6.54 Å². The molecule has 100 valence electrons. The molecule has 1 aromatic heterocycles. The number of amides is 1. The maximum Gasteiger partial charge on any atom is 0.221 e. The number of nitrogens with one attached hydrogen (secondary N) is 2. The lowest BCUT2D eigenvalue weighted by atomic mass is 10.3. The standard InChI is InChI=1S/C10H18N4O.2ClH/c1-9(7-14-6-5-12-8-14)13-10(15)3-4-11-2;;/h5-6,8-9,11H,3-4,7H2,1-2H3,(H,13,15);2*1H. The number of hydrogen-bond acceptors (Lipinski definition) is 3. The third kappa shape index (κ3) is 8.01. The van der Waals surface area contributed by atoms with E-state index in [0.29, 0.717) is 13.0 Å². The van der Waals surface area contributed by atoms with E-state index >= 15 is 0 Å². The molecule has 0 aliphatic carbocycles. The average Bonchev–Trinajstić information content (AvgIpc) is 2.67. The molecular formula is C10H20Cl2N4O. The molecule has 0 spiro atoms. The number of carbonyl (C=O) groups is 1. The summed E-state index contributed by atoms with van der Waals surface area (Å²) in [5.41, 5.74) is 0. The second-order valence-electron chi connectivity index (χ2n) is 3.58. The van der Waals surface area contributed by atoms with Crippen LogP contribution >= 0.6 is 24.8 Å². The number of imidazole rings is 1. The summed E-state index contributed by atoms with van der Waals surface area (Å²) in [5.74, 6) is 0.0805. The van der Waals surface area contributed by atoms with Gasteiger partial charge < -0.3 is 15.2 Å². The first kappa shape index (κ1) is 18.6. The van der Waals surface area contributed by atoms with E-state index in [9.17, 15) is 4.79 Å². The number of hydrogen-bond donors (Lipinski definition) is 2. The Morgan fingerprint density at radius 1 is 1.47 bits per heavy atom. The molecule has 2 N–H and O–H groups in total. The summed E-state index contributed by atoms with van der Waals surface area (Å²) >= 11 is 0. The Kier molecular flexibility index (Phi) is 11.3. The first-order valence-corrected chi connectivity index (χ1v) is 5.12. The highest BCUT2D eigenvalue weighted by atomic mass is 35.5. The van der Waals surface area contributed by atoms with Gasteiger partial charge in [-0.15, -0.1) is 24.8 Å². The molecule has 0 aliphatic heterocycles. The highest BCUT2D eigenvalue weighted by molar-refractivity contribution is 5.85. The Labute approximate surface area is 114 Å². The minimum absolute atomic E-state index is 0. The SMILES string of the molecule is CNCCC(=O)NC(C)Cn1ccnc1.Cl.Cl. The quantitative estimate of drug-likeness (QED) is 0.813. The molecule has 1 rings (SSSR count). The minimum atomic E-state index is 0. The van der Waals surface area contributed by atoms with Gasteiger partial charge in [0.05, 0.1) is 6.33 Å². The van der Waals surface area contributed by atoms with Gasteiger partial charge in [0.1, 0.15) is 0 Å². The van der Waals surface area contributed by atoms with Gasteiger partial charge >= 0.3 is 0 Å². The van der Waals surface area contributed by atoms with Crippen LogP contribution in [0.4, 0.5) is 0 Å². The molecule has 0 radical (unpaired) electrons. The van der Waals surface area contributed by atoms with E-state index < -0.39 is 0 Å². The molecule has 17 heavy (non-hydrogen) atoms. The topological polar surface area (TPSA) is 59.0 Å². The molecule has 0 saturated heterocycles. The summed E-state index contributed by atoms with van der Waals surface area (Å²) in [4.78, 5) is 15.3. The van der Waals surface area contributed by atoms with E-state index in [1.807, 2.05) is 24.7 Å². The fourth-order valence-corrected chi connectivity index (χ4v) is 1.34. The first-order chi connectivity index (χ1) is 7.22. The van der Waals surface area contributed by atoms with E-state index in [1.54, 1.807) is 12.5 Å². The lowest BCUT2D eigenvalue weighted by molar-refractivity contribution is -0.121. The second-order valence-corrected chi connectivity index (χ2v) is 3.58. The van der Waals surface area contributed by atoms with E-state index in [-0.39, 0.29) is 36.8 Å². The normalized spacial score (nSPS) is 10.9. The van der Waals surface area contributed by atoms with Crippen LogP contribution in [0.1, 0.15) is 13.3 Å². The predicted molar refractivity (Wildman–Crippen MR) is 72.9 cm³/mol. The predicted octanol–water partition coefficient (Wildman–Crippen LogP) is 0.841. The van der Waals surface area contributed by atoms with Crippen molar-refractivity contribution in [1.29, 1.82) is 0 Å². The third-order valence-corrected chi connectivity index (χ3v) is 2.05. The molecule has 0 fully saturated rings. The molecule has 1 aromatic rings. The molecule has 0 saturated carbocycles. The highest BCUT2D eigenvalue weighted by Crippen LogP contribution is 1.92. The summed E-state index contributed by atoms with van der Waals surface area (Å²) in [6.45, 7) is 3.45. The van der Waals surface area contributed by atoms with Gasteiger partial charge in [-0.05, 0) is 14.0 Å². The van der Waals surface area contributed by atoms with Crippen molar-refractivity contribution in [2.75, 3.05) is 13.6 Å². The van der Waals surface area contributed by atoms with Crippen LogP contribution in [0.15, 0.2) is 18.7 Å². The van der Waals surface area contributed by atoms with Gasteiger partial charge in [-0.2, -0.15) is 0 Å². The lowest BCUT2D eigenvalue weighted by Crippen LogP contribution is -2.36. The van der Waals surface area contributed by atoms with Crippen molar-refractivity contribution in [2.45, 2.75) is 25.9 Å². The van der Waals surface area contributed by atoms with Crippen LogP contribution in [0, 0.1) is 0 Å². The van der Waals surface area contributed by atoms with Crippen LogP contribution in [0.3, 0.4) is 0 Å². The zero-order valence-electron chi connectivity index (χ0n) is 10.0. The largest absolute Gasteiger partial charge is 0.352 e. The fourth-order valence-electron chi connectivity index (χ4n) is 1.34. The van der Waals surface area contributed by atoms with Gasteiger partial charge in [-0.25, -0.2) is 4.98 Å². The smallest absolute Gasteiger partial charge is 0.221 e. The summed E-state index contributed by atoms with van der Waals surface area (Å²) in [6.07, 6.45) is 5.88. The van der Waals surface area contributed by atoms with Crippen molar-refractivity contribution in [2.24, 2.45) is 0 Å². The van der Waals surface area contributed by atoms with Crippen molar-refractivity contribution >= 4 is 30.7 Å². The number of carbonyl (C=O) groups excluding carboxylic acids is 1. The molecule has 0 aliphatic rings. The average molecular weight is 283 g/mol. The molecule has 7 heteroatoms. The maximum absolute atomic E-state index is 11.4. The zero-order valence-corrected chi connectivity index (χ0v) is 11.7. The Hall–Kier alpha value is -0.780. The van der Waals surface area contributed by atoms with Gasteiger partial charge in [0.15, 0.2) is 0 Å². The summed E-state index contributed by atoms with van der Waals surface area (Å²) in [7, 11) is 1.84. The molecule has 5 nitrogen and oxygen atoms in total.